The molecule has 1 saturated heterocycles. The Bertz CT molecular complexity index is 954. The normalized spacial score (nSPS) is 15.7. The van der Waals surface area contributed by atoms with Gasteiger partial charge in [-0.1, -0.05) is 55.9 Å². The van der Waals surface area contributed by atoms with Gasteiger partial charge in [0.15, 0.2) is 5.84 Å². The number of thioether (sulfide) groups is 1. The quantitative estimate of drug-likeness (QED) is 0.479. The first-order valence-corrected chi connectivity index (χ1v) is 11.2. The summed E-state index contributed by atoms with van der Waals surface area (Å²) in [5, 5.41) is 16.2. The SMILES string of the molecule is CC(C)CN1C(=N)/C(=C(\NCc2ccc(N(C)C)cc2)Sc2ccccc2)C(=O)N1C. The summed E-state index contributed by atoms with van der Waals surface area (Å²) in [6, 6.07) is 18.3. The maximum Gasteiger partial charge on any atom is 0.278 e. The molecule has 7 heteroatoms. The molecule has 0 unspecified atom stereocenters. The van der Waals surface area contributed by atoms with Crippen molar-refractivity contribution in [1.82, 2.24) is 15.3 Å². The fraction of sp³-hybridized carbons (Fsp3) is 0.333. The number of amides is 1. The van der Waals surface area contributed by atoms with Crippen LogP contribution in [0.15, 0.2) is 70.1 Å². The Labute approximate surface area is 189 Å². The van der Waals surface area contributed by atoms with E-state index in [-0.39, 0.29) is 11.7 Å². The van der Waals surface area contributed by atoms with Crippen LogP contribution in [-0.2, 0) is 11.3 Å². The lowest BCUT2D eigenvalue weighted by Crippen LogP contribution is -2.39. The number of likely N-dealkylation sites (N-methyl/N-ethyl adjacent to an activating group) is 1. The van der Waals surface area contributed by atoms with Crippen molar-refractivity contribution in [2.75, 3.05) is 32.6 Å². The van der Waals surface area contributed by atoms with Crippen molar-refractivity contribution in [3.05, 3.63) is 70.8 Å². The zero-order chi connectivity index (χ0) is 22.5. The standard InChI is InChI=1S/C24H31N5OS/c1-17(2)16-29-22(25)21(24(30)28(29)5)23(31-20-9-7-6-8-10-20)26-15-18-11-13-19(14-12-18)27(3)4/h6-14,17,25-26H,15-16H2,1-5H3/b23-21-,25-22?. The van der Waals surface area contributed by atoms with Gasteiger partial charge in [-0.25, -0.2) is 0 Å². The van der Waals surface area contributed by atoms with E-state index in [1.165, 1.54) is 11.8 Å². The van der Waals surface area contributed by atoms with Crippen molar-refractivity contribution in [1.29, 1.82) is 5.41 Å². The van der Waals surface area contributed by atoms with Gasteiger partial charge < -0.3 is 10.2 Å². The summed E-state index contributed by atoms with van der Waals surface area (Å²) < 4.78 is 0. The average Bonchev–Trinajstić information content (AvgIpc) is 2.95. The van der Waals surface area contributed by atoms with Crippen molar-refractivity contribution in [2.24, 2.45) is 5.92 Å². The number of hydrazine groups is 1. The van der Waals surface area contributed by atoms with Crippen LogP contribution in [0.2, 0.25) is 0 Å². The summed E-state index contributed by atoms with van der Waals surface area (Å²) in [6.07, 6.45) is 0. The molecule has 2 aromatic carbocycles. The fourth-order valence-corrected chi connectivity index (χ4v) is 4.25. The Kier molecular flexibility index (Phi) is 7.28. The lowest BCUT2D eigenvalue weighted by molar-refractivity contribution is -0.132. The van der Waals surface area contributed by atoms with Crippen molar-refractivity contribution < 1.29 is 4.79 Å². The molecule has 0 spiro atoms. The highest BCUT2D eigenvalue weighted by Crippen LogP contribution is 2.32. The topological polar surface area (TPSA) is 62.7 Å². The molecule has 0 bridgehead atoms. The van der Waals surface area contributed by atoms with Crippen molar-refractivity contribution in [2.45, 2.75) is 25.3 Å². The molecule has 3 rings (SSSR count). The molecule has 6 nitrogen and oxygen atoms in total. The van der Waals surface area contributed by atoms with E-state index in [4.69, 9.17) is 5.41 Å². The van der Waals surface area contributed by atoms with Gasteiger partial charge in [0.2, 0.25) is 0 Å². The number of hydrogen-bond donors (Lipinski definition) is 2. The second-order valence-electron chi connectivity index (χ2n) is 8.19. The first-order valence-electron chi connectivity index (χ1n) is 10.4. The highest BCUT2D eigenvalue weighted by atomic mass is 32.2. The minimum absolute atomic E-state index is 0.153. The molecule has 1 heterocycles. The largest absolute Gasteiger partial charge is 0.378 e. The number of carbonyl (C=O) groups is 1. The first-order chi connectivity index (χ1) is 14.8. The third-order valence-corrected chi connectivity index (χ3v) is 6.06. The number of amidine groups is 1. The average molecular weight is 438 g/mol. The van der Waals surface area contributed by atoms with Crippen molar-refractivity contribution in [3.63, 3.8) is 0 Å². The highest BCUT2D eigenvalue weighted by molar-refractivity contribution is 8.03. The van der Waals surface area contributed by atoms with Gasteiger partial charge >= 0.3 is 0 Å². The van der Waals surface area contributed by atoms with Gasteiger partial charge in [-0.3, -0.25) is 20.2 Å². The van der Waals surface area contributed by atoms with Gasteiger partial charge in [0.05, 0.1) is 5.03 Å². The molecule has 1 fully saturated rings. The molecule has 31 heavy (non-hydrogen) atoms. The summed E-state index contributed by atoms with van der Waals surface area (Å²) in [7, 11) is 5.77. The Balaban J connectivity index is 1.90. The molecule has 2 aromatic rings. The Morgan fingerprint density at radius 2 is 1.74 bits per heavy atom. The zero-order valence-electron chi connectivity index (χ0n) is 18.8. The van der Waals surface area contributed by atoms with Crippen LogP contribution in [0.1, 0.15) is 19.4 Å². The summed E-state index contributed by atoms with van der Waals surface area (Å²) in [4.78, 5) is 16.2. The van der Waals surface area contributed by atoms with Gasteiger partial charge in [0.1, 0.15) is 5.57 Å². The summed E-state index contributed by atoms with van der Waals surface area (Å²) in [5.74, 6) is 0.429. The number of benzene rings is 2. The molecule has 0 aliphatic carbocycles. The molecule has 2 N–H and O–H groups in total. The van der Waals surface area contributed by atoms with Crippen LogP contribution in [0.4, 0.5) is 5.69 Å². The maximum absolute atomic E-state index is 13.1. The lowest BCUT2D eigenvalue weighted by Gasteiger charge is -2.26. The second kappa shape index (κ2) is 9.92. The van der Waals surface area contributed by atoms with Gasteiger partial charge in [-0.05, 0) is 35.7 Å². The van der Waals surface area contributed by atoms with Crippen LogP contribution in [-0.4, -0.2) is 49.4 Å². The Morgan fingerprint density at radius 3 is 2.32 bits per heavy atom. The number of nitrogens with one attached hydrogen (secondary N) is 2. The van der Waals surface area contributed by atoms with Crippen LogP contribution >= 0.6 is 11.8 Å². The van der Waals surface area contributed by atoms with Crippen LogP contribution in [0.25, 0.3) is 0 Å². The van der Waals surface area contributed by atoms with Crippen LogP contribution in [0.3, 0.4) is 0 Å². The third-order valence-electron chi connectivity index (χ3n) is 5.00. The molecule has 164 valence electrons. The van der Waals surface area contributed by atoms with Crippen LogP contribution in [0.5, 0.6) is 0 Å². The first kappa shape index (κ1) is 22.7. The van der Waals surface area contributed by atoms with Gasteiger partial charge in [0, 0.05) is 44.8 Å². The van der Waals surface area contributed by atoms with Gasteiger partial charge in [-0.15, -0.1) is 0 Å². The highest BCUT2D eigenvalue weighted by Gasteiger charge is 2.38. The maximum atomic E-state index is 13.1. The minimum atomic E-state index is -0.153. The molecule has 0 atom stereocenters. The Hall–Kier alpha value is -2.93. The number of nitrogens with zero attached hydrogens (tertiary/aromatic N) is 3. The van der Waals surface area contributed by atoms with E-state index in [0.29, 0.717) is 29.6 Å². The monoisotopic (exact) mass is 437 g/mol. The molecular weight excluding hydrogens is 406 g/mol. The molecule has 0 radical (unpaired) electrons. The van der Waals surface area contributed by atoms with Crippen LogP contribution < -0.4 is 10.2 Å². The molecule has 1 amide bonds. The smallest absolute Gasteiger partial charge is 0.278 e. The van der Waals surface area contributed by atoms with Gasteiger partial charge in [-0.2, -0.15) is 0 Å². The second-order valence-corrected chi connectivity index (χ2v) is 9.27. The molecular formula is C24H31N5OS. The van der Waals surface area contributed by atoms with E-state index in [0.717, 1.165) is 16.1 Å². The zero-order valence-corrected chi connectivity index (χ0v) is 19.7. The van der Waals surface area contributed by atoms with Crippen LogP contribution in [0, 0.1) is 11.3 Å². The number of carbonyl (C=O) groups excluding carboxylic acids is 1. The van der Waals surface area contributed by atoms with E-state index in [1.54, 1.807) is 17.1 Å². The molecule has 0 aromatic heterocycles. The third kappa shape index (κ3) is 5.41. The predicted molar refractivity (Wildman–Crippen MR) is 129 cm³/mol. The summed E-state index contributed by atoms with van der Waals surface area (Å²) in [6.45, 7) is 5.37. The minimum Gasteiger partial charge on any atom is -0.378 e. The number of anilines is 1. The summed E-state index contributed by atoms with van der Waals surface area (Å²) in [5.41, 5.74) is 2.67. The fourth-order valence-electron chi connectivity index (χ4n) is 3.29. The lowest BCUT2D eigenvalue weighted by atomic mass is 10.2. The number of rotatable bonds is 8. The van der Waals surface area contributed by atoms with E-state index in [9.17, 15) is 4.79 Å². The molecule has 0 saturated carbocycles. The predicted octanol–water partition coefficient (Wildman–Crippen LogP) is 4.17. The number of hydrogen-bond acceptors (Lipinski definition) is 5. The van der Waals surface area contributed by atoms with E-state index >= 15 is 0 Å². The molecule has 1 aliphatic rings. The van der Waals surface area contributed by atoms with Crippen molar-refractivity contribution in [3.8, 4) is 0 Å². The summed E-state index contributed by atoms with van der Waals surface area (Å²) >= 11 is 1.49. The van der Waals surface area contributed by atoms with E-state index < -0.39 is 0 Å². The molecule has 1 aliphatic heterocycles. The van der Waals surface area contributed by atoms with Gasteiger partial charge in [0.25, 0.3) is 5.91 Å². The van der Waals surface area contributed by atoms with E-state index in [2.05, 4.69) is 48.3 Å². The van der Waals surface area contributed by atoms with E-state index in [1.807, 2.05) is 44.4 Å². The van der Waals surface area contributed by atoms with Crippen molar-refractivity contribution >= 4 is 29.2 Å². The Morgan fingerprint density at radius 1 is 1.10 bits per heavy atom.